The van der Waals surface area contributed by atoms with Gasteiger partial charge in [-0.1, -0.05) is 6.92 Å². The molecular weight excluding hydrogens is 168 g/mol. The molecule has 3 heteroatoms. The van der Waals surface area contributed by atoms with Crippen LogP contribution < -0.4 is 0 Å². The molecule has 2 atom stereocenters. The van der Waals surface area contributed by atoms with Gasteiger partial charge in [0, 0.05) is 5.25 Å². The van der Waals surface area contributed by atoms with Gasteiger partial charge in [-0.15, -0.1) is 0 Å². The van der Waals surface area contributed by atoms with E-state index in [1.54, 1.807) is 0 Å². The van der Waals surface area contributed by atoms with E-state index in [1.165, 1.54) is 12.2 Å². The first-order valence-electron chi connectivity index (χ1n) is 4.34. The maximum atomic E-state index is 9.18. The predicted octanol–water partition coefficient (Wildman–Crippen LogP) is 1.73. The first-order valence-corrected chi connectivity index (χ1v) is 5.38. The van der Waals surface area contributed by atoms with Gasteiger partial charge in [0.15, 0.2) is 0 Å². The topological polar surface area (TPSA) is 27.0 Å². The summed E-state index contributed by atoms with van der Waals surface area (Å²) in [5.74, 6) is 1.21. The highest BCUT2D eigenvalue weighted by atomic mass is 32.2. The van der Waals surface area contributed by atoms with E-state index in [1.807, 2.05) is 25.9 Å². The Balaban J connectivity index is 2.83. The zero-order chi connectivity index (χ0) is 9.19. The third-order valence-electron chi connectivity index (χ3n) is 2.73. The SMILES string of the molecule is CC1SCCCC1(C#N)N(C)C. The summed E-state index contributed by atoms with van der Waals surface area (Å²) in [6.07, 6.45) is 2.19. The Bertz CT molecular complexity index is 197. The van der Waals surface area contributed by atoms with Gasteiger partial charge in [0.05, 0.1) is 6.07 Å². The molecule has 0 aromatic heterocycles. The molecule has 0 amide bonds. The Morgan fingerprint density at radius 2 is 2.25 bits per heavy atom. The van der Waals surface area contributed by atoms with Gasteiger partial charge in [-0.2, -0.15) is 17.0 Å². The Morgan fingerprint density at radius 3 is 2.58 bits per heavy atom. The minimum Gasteiger partial charge on any atom is -0.291 e. The lowest BCUT2D eigenvalue weighted by atomic mass is 9.90. The van der Waals surface area contributed by atoms with E-state index in [0.717, 1.165) is 6.42 Å². The first-order chi connectivity index (χ1) is 5.63. The Kier molecular flexibility index (Phi) is 3.03. The first kappa shape index (κ1) is 9.88. The molecule has 1 fully saturated rings. The molecule has 0 saturated carbocycles. The quantitative estimate of drug-likeness (QED) is 0.621. The van der Waals surface area contributed by atoms with Crippen LogP contribution >= 0.6 is 11.8 Å². The number of hydrogen-bond acceptors (Lipinski definition) is 3. The van der Waals surface area contributed by atoms with Crippen molar-refractivity contribution in [2.45, 2.75) is 30.6 Å². The lowest BCUT2D eigenvalue weighted by Crippen LogP contribution is -2.51. The molecule has 0 spiro atoms. The fourth-order valence-electron chi connectivity index (χ4n) is 1.78. The standard InChI is InChI=1S/C9H16N2S/c1-8-9(7-10,11(2)3)5-4-6-12-8/h8H,4-6H2,1-3H3. The van der Waals surface area contributed by atoms with Gasteiger partial charge in [-0.05, 0) is 32.7 Å². The maximum absolute atomic E-state index is 9.18. The van der Waals surface area contributed by atoms with Crippen LogP contribution in [0.5, 0.6) is 0 Å². The summed E-state index contributed by atoms with van der Waals surface area (Å²) in [6.45, 7) is 2.16. The highest BCUT2D eigenvalue weighted by molar-refractivity contribution is 8.00. The summed E-state index contributed by atoms with van der Waals surface area (Å²) in [6, 6.07) is 2.47. The molecule has 0 bridgehead atoms. The van der Waals surface area contributed by atoms with E-state index in [4.69, 9.17) is 0 Å². The predicted molar refractivity (Wildman–Crippen MR) is 53.2 cm³/mol. The van der Waals surface area contributed by atoms with Gasteiger partial charge < -0.3 is 0 Å². The number of nitrogens with zero attached hydrogens (tertiary/aromatic N) is 2. The van der Waals surface area contributed by atoms with Crippen LogP contribution in [0.3, 0.4) is 0 Å². The van der Waals surface area contributed by atoms with Crippen molar-refractivity contribution in [3.63, 3.8) is 0 Å². The van der Waals surface area contributed by atoms with E-state index in [9.17, 15) is 5.26 Å². The maximum Gasteiger partial charge on any atom is 0.120 e. The van der Waals surface area contributed by atoms with Crippen LogP contribution in [0.4, 0.5) is 0 Å². The second kappa shape index (κ2) is 3.68. The molecule has 68 valence electrons. The molecular formula is C9H16N2S. The molecule has 0 N–H and O–H groups in total. The summed E-state index contributed by atoms with van der Waals surface area (Å²) >= 11 is 1.91. The Hall–Kier alpha value is -0.200. The molecule has 0 aromatic carbocycles. The van der Waals surface area contributed by atoms with Gasteiger partial charge in [0.2, 0.25) is 0 Å². The smallest absolute Gasteiger partial charge is 0.120 e. The van der Waals surface area contributed by atoms with E-state index >= 15 is 0 Å². The average molecular weight is 184 g/mol. The third-order valence-corrected chi connectivity index (χ3v) is 4.15. The number of rotatable bonds is 1. The van der Waals surface area contributed by atoms with Crippen molar-refractivity contribution in [1.82, 2.24) is 4.90 Å². The van der Waals surface area contributed by atoms with Crippen LogP contribution in [0.2, 0.25) is 0 Å². The summed E-state index contributed by atoms with van der Waals surface area (Å²) < 4.78 is 0. The van der Waals surface area contributed by atoms with Crippen LogP contribution in [0, 0.1) is 11.3 Å². The monoisotopic (exact) mass is 184 g/mol. The Morgan fingerprint density at radius 1 is 1.58 bits per heavy atom. The largest absolute Gasteiger partial charge is 0.291 e. The molecule has 1 saturated heterocycles. The van der Waals surface area contributed by atoms with Crippen molar-refractivity contribution in [2.24, 2.45) is 0 Å². The molecule has 0 aromatic rings. The summed E-state index contributed by atoms with van der Waals surface area (Å²) in [5, 5.41) is 9.61. The second-order valence-electron chi connectivity index (χ2n) is 3.55. The number of thioether (sulfide) groups is 1. The van der Waals surface area contributed by atoms with E-state index in [-0.39, 0.29) is 5.54 Å². The van der Waals surface area contributed by atoms with Crippen molar-refractivity contribution in [1.29, 1.82) is 5.26 Å². The van der Waals surface area contributed by atoms with Crippen LogP contribution in [0.25, 0.3) is 0 Å². The molecule has 2 nitrogen and oxygen atoms in total. The van der Waals surface area contributed by atoms with Gasteiger partial charge in [0.1, 0.15) is 5.54 Å². The Labute approximate surface area is 78.9 Å². The van der Waals surface area contributed by atoms with Crippen LogP contribution in [-0.2, 0) is 0 Å². The fourth-order valence-corrected chi connectivity index (χ4v) is 3.10. The third kappa shape index (κ3) is 1.46. The number of nitriles is 1. The van der Waals surface area contributed by atoms with E-state index in [0.29, 0.717) is 5.25 Å². The van der Waals surface area contributed by atoms with E-state index in [2.05, 4.69) is 17.9 Å². The lowest BCUT2D eigenvalue weighted by molar-refractivity contribution is 0.196. The lowest BCUT2D eigenvalue weighted by Gasteiger charge is -2.41. The van der Waals surface area contributed by atoms with Gasteiger partial charge >= 0.3 is 0 Å². The molecule has 12 heavy (non-hydrogen) atoms. The zero-order valence-corrected chi connectivity index (χ0v) is 8.82. The molecule has 0 aliphatic carbocycles. The van der Waals surface area contributed by atoms with Crippen molar-refractivity contribution < 1.29 is 0 Å². The van der Waals surface area contributed by atoms with Crippen LogP contribution in [0.1, 0.15) is 19.8 Å². The molecule has 1 aliphatic heterocycles. The van der Waals surface area contributed by atoms with Crippen molar-refractivity contribution in [2.75, 3.05) is 19.8 Å². The molecule has 0 radical (unpaired) electrons. The molecule has 1 rings (SSSR count). The fraction of sp³-hybridized carbons (Fsp3) is 0.889. The number of hydrogen-bond donors (Lipinski definition) is 0. The van der Waals surface area contributed by atoms with Crippen molar-refractivity contribution in [3.8, 4) is 6.07 Å². The minimum absolute atomic E-state index is 0.219. The van der Waals surface area contributed by atoms with Crippen molar-refractivity contribution >= 4 is 11.8 Å². The van der Waals surface area contributed by atoms with Crippen LogP contribution in [0.15, 0.2) is 0 Å². The van der Waals surface area contributed by atoms with Gasteiger partial charge in [0.25, 0.3) is 0 Å². The normalized spacial score (nSPS) is 36.4. The second-order valence-corrected chi connectivity index (χ2v) is 5.00. The molecule has 1 aliphatic rings. The minimum atomic E-state index is -0.219. The van der Waals surface area contributed by atoms with Crippen molar-refractivity contribution in [3.05, 3.63) is 0 Å². The highest BCUT2D eigenvalue weighted by Crippen LogP contribution is 2.36. The van der Waals surface area contributed by atoms with Crippen LogP contribution in [-0.4, -0.2) is 35.5 Å². The zero-order valence-electron chi connectivity index (χ0n) is 8.00. The van der Waals surface area contributed by atoms with E-state index < -0.39 is 0 Å². The van der Waals surface area contributed by atoms with Gasteiger partial charge in [-0.25, -0.2) is 0 Å². The summed E-state index contributed by atoms with van der Waals surface area (Å²) in [4.78, 5) is 2.07. The molecule has 2 unspecified atom stereocenters. The van der Waals surface area contributed by atoms with Gasteiger partial charge in [-0.3, -0.25) is 4.90 Å². The highest BCUT2D eigenvalue weighted by Gasteiger charge is 2.40. The average Bonchev–Trinajstić information content (AvgIpc) is 2.05. The summed E-state index contributed by atoms with van der Waals surface area (Å²) in [7, 11) is 4.01. The summed E-state index contributed by atoms with van der Waals surface area (Å²) in [5.41, 5.74) is -0.219. The molecule has 1 heterocycles.